The minimum Gasteiger partial charge on any atom is -0.357 e. The van der Waals surface area contributed by atoms with Crippen molar-refractivity contribution in [1.82, 2.24) is 15.6 Å². The number of para-hydroxylation sites is 1. The maximum Gasteiger partial charge on any atom is 0.252 e. The van der Waals surface area contributed by atoms with E-state index in [9.17, 15) is 14.0 Å². The summed E-state index contributed by atoms with van der Waals surface area (Å²) in [6, 6.07) is 14.9. The molecule has 1 saturated carbocycles. The zero-order valence-corrected chi connectivity index (χ0v) is 19.3. The molecule has 0 bridgehead atoms. The minimum atomic E-state index is -0.256. The van der Waals surface area contributed by atoms with Crippen LogP contribution in [0.4, 0.5) is 10.2 Å². The second-order valence-corrected chi connectivity index (χ2v) is 9.36. The van der Waals surface area contributed by atoms with Gasteiger partial charge in [-0.3, -0.25) is 9.59 Å². The number of aromatic nitrogens is 1. The lowest BCUT2D eigenvalue weighted by molar-refractivity contribution is -0.125. The highest BCUT2D eigenvalue weighted by Gasteiger charge is 2.28. The lowest BCUT2D eigenvalue weighted by atomic mass is 9.95. The van der Waals surface area contributed by atoms with Crippen LogP contribution >= 0.6 is 0 Å². The monoisotopic (exact) mass is 460 g/mol. The standard InChI is InChI=1S/C27H29FN4O2/c1-17-6-7-18(14-23(17)28)16-29-26(33)19-10-12-32(13-11-19)25-15-22(27(34)30-20-8-9-20)21-4-2-3-5-24(21)31-25/h2-7,14-15,19-20H,8-13,16H2,1H3,(H,29,33)(H,30,34). The zero-order chi connectivity index (χ0) is 23.7. The summed E-state index contributed by atoms with van der Waals surface area (Å²) in [7, 11) is 0. The van der Waals surface area contributed by atoms with Gasteiger partial charge in [-0.1, -0.05) is 30.3 Å². The van der Waals surface area contributed by atoms with Gasteiger partial charge in [-0.25, -0.2) is 9.37 Å². The first-order valence-electron chi connectivity index (χ1n) is 12.0. The highest BCUT2D eigenvalue weighted by atomic mass is 19.1. The number of halogens is 1. The van der Waals surface area contributed by atoms with Crippen LogP contribution in [0.2, 0.25) is 0 Å². The Kier molecular flexibility index (Phi) is 6.18. The maximum atomic E-state index is 13.8. The number of aryl methyl sites for hydroxylation is 1. The molecule has 0 spiro atoms. The number of amides is 2. The number of piperidine rings is 1. The maximum absolute atomic E-state index is 13.8. The molecule has 34 heavy (non-hydrogen) atoms. The van der Waals surface area contributed by atoms with Gasteiger partial charge in [0.25, 0.3) is 5.91 Å². The van der Waals surface area contributed by atoms with E-state index in [1.807, 2.05) is 36.4 Å². The molecule has 2 aliphatic rings. The third-order valence-electron chi connectivity index (χ3n) is 6.75. The first-order chi connectivity index (χ1) is 16.5. The first-order valence-corrected chi connectivity index (χ1v) is 12.0. The molecule has 176 valence electrons. The molecule has 2 heterocycles. The van der Waals surface area contributed by atoms with E-state index in [1.165, 1.54) is 6.07 Å². The van der Waals surface area contributed by atoms with Crippen molar-refractivity contribution in [2.45, 2.75) is 45.2 Å². The molecule has 2 aromatic carbocycles. The average molecular weight is 461 g/mol. The topological polar surface area (TPSA) is 74.3 Å². The molecular formula is C27H29FN4O2. The van der Waals surface area contributed by atoms with Gasteiger partial charge in [0.2, 0.25) is 5.91 Å². The van der Waals surface area contributed by atoms with Gasteiger partial charge in [-0.15, -0.1) is 0 Å². The summed E-state index contributed by atoms with van der Waals surface area (Å²) in [5.74, 6) is 0.368. The van der Waals surface area contributed by atoms with Gasteiger partial charge < -0.3 is 15.5 Å². The normalized spacial score (nSPS) is 16.5. The Morgan fingerprint density at radius 1 is 1.06 bits per heavy atom. The lowest BCUT2D eigenvalue weighted by Crippen LogP contribution is -2.40. The fourth-order valence-corrected chi connectivity index (χ4v) is 4.45. The highest BCUT2D eigenvalue weighted by Crippen LogP contribution is 2.28. The molecule has 5 rings (SSSR count). The van der Waals surface area contributed by atoms with Crippen LogP contribution in [0.25, 0.3) is 10.9 Å². The van der Waals surface area contributed by atoms with Crippen LogP contribution in [-0.2, 0) is 11.3 Å². The van der Waals surface area contributed by atoms with E-state index < -0.39 is 0 Å². The molecule has 2 N–H and O–H groups in total. The quantitative estimate of drug-likeness (QED) is 0.581. The van der Waals surface area contributed by atoms with Crippen molar-refractivity contribution in [3.8, 4) is 0 Å². The molecule has 2 amide bonds. The summed E-state index contributed by atoms with van der Waals surface area (Å²) in [4.78, 5) is 32.5. The van der Waals surface area contributed by atoms with Crippen molar-refractivity contribution in [3.63, 3.8) is 0 Å². The second-order valence-electron chi connectivity index (χ2n) is 9.36. The number of nitrogens with one attached hydrogen (secondary N) is 2. The number of fused-ring (bicyclic) bond motifs is 1. The molecule has 7 heteroatoms. The smallest absolute Gasteiger partial charge is 0.252 e. The summed E-state index contributed by atoms with van der Waals surface area (Å²) in [6.07, 6.45) is 3.48. The van der Waals surface area contributed by atoms with Crippen LogP contribution in [0.3, 0.4) is 0 Å². The SMILES string of the molecule is Cc1ccc(CNC(=O)C2CCN(c3cc(C(=O)NC4CC4)c4ccccc4n3)CC2)cc1F. The van der Waals surface area contributed by atoms with Crippen molar-refractivity contribution >= 4 is 28.5 Å². The van der Waals surface area contributed by atoms with E-state index in [0.717, 1.165) is 35.1 Å². The molecule has 1 aromatic heterocycles. The Balaban J connectivity index is 1.24. The summed E-state index contributed by atoms with van der Waals surface area (Å²) in [5.41, 5.74) is 2.80. The molecule has 2 fully saturated rings. The Hall–Kier alpha value is -3.48. The molecule has 1 aliphatic heterocycles. The fourth-order valence-electron chi connectivity index (χ4n) is 4.45. The largest absolute Gasteiger partial charge is 0.357 e. The number of nitrogens with zero attached hydrogens (tertiary/aromatic N) is 2. The summed E-state index contributed by atoms with van der Waals surface area (Å²) in [5, 5.41) is 6.89. The third kappa shape index (κ3) is 4.88. The molecule has 0 atom stereocenters. The molecule has 6 nitrogen and oxygen atoms in total. The molecular weight excluding hydrogens is 431 g/mol. The Morgan fingerprint density at radius 3 is 2.56 bits per heavy atom. The molecule has 0 radical (unpaired) electrons. The van der Waals surface area contributed by atoms with E-state index in [1.54, 1.807) is 13.0 Å². The zero-order valence-electron chi connectivity index (χ0n) is 19.3. The average Bonchev–Trinajstić information content (AvgIpc) is 3.68. The Morgan fingerprint density at radius 2 is 1.82 bits per heavy atom. The third-order valence-corrected chi connectivity index (χ3v) is 6.75. The number of carbonyl (C=O) groups is 2. The Labute approximate surface area is 198 Å². The van der Waals surface area contributed by atoms with Gasteiger partial charge in [0.1, 0.15) is 11.6 Å². The predicted octanol–water partition coefficient (Wildman–Crippen LogP) is 4.11. The summed E-state index contributed by atoms with van der Waals surface area (Å²) < 4.78 is 13.8. The van der Waals surface area contributed by atoms with Gasteiger partial charge in [-0.05, 0) is 61.9 Å². The van der Waals surface area contributed by atoms with Crippen LogP contribution < -0.4 is 15.5 Å². The number of carbonyl (C=O) groups excluding carboxylic acids is 2. The number of rotatable bonds is 6. The van der Waals surface area contributed by atoms with E-state index in [4.69, 9.17) is 4.98 Å². The molecule has 1 aliphatic carbocycles. The number of benzene rings is 2. The number of anilines is 1. The van der Waals surface area contributed by atoms with Crippen molar-refractivity contribution in [2.75, 3.05) is 18.0 Å². The minimum absolute atomic E-state index is 0.00314. The van der Waals surface area contributed by atoms with Crippen LogP contribution in [0.1, 0.15) is 47.2 Å². The van der Waals surface area contributed by atoms with Crippen LogP contribution in [0.15, 0.2) is 48.5 Å². The van der Waals surface area contributed by atoms with Gasteiger partial charge in [0, 0.05) is 37.0 Å². The fraction of sp³-hybridized carbons (Fsp3) is 0.370. The van der Waals surface area contributed by atoms with Crippen LogP contribution in [0, 0.1) is 18.7 Å². The highest BCUT2D eigenvalue weighted by molar-refractivity contribution is 6.07. The summed E-state index contributed by atoms with van der Waals surface area (Å²) >= 11 is 0. The predicted molar refractivity (Wildman–Crippen MR) is 130 cm³/mol. The van der Waals surface area contributed by atoms with E-state index in [-0.39, 0.29) is 29.6 Å². The van der Waals surface area contributed by atoms with Crippen molar-refractivity contribution < 1.29 is 14.0 Å². The van der Waals surface area contributed by atoms with Crippen molar-refractivity contribution in [2.24, 2.45) is 5.92 Å². The molecule has 1 saturated heterocycles. The van der Waals surface area contributed by atoms with Crippen LogP contribution in [0.5, 0.6) is 0 Å². The van der Waals surface area contributed by atoms with E-state index in [0.29, 0.717) is 43.6 Å². The Bertz CT molecular complexity index is 1230. The van der Waals surface area contributed by atoms with Crippen molar-refractivity contribution in [1.29, 1.82) is 0 Å². The lowest BCUT2D eigenvalue weighted by Gasteiger charge is -2.32. The first kappa shape index (κ1) is 22.3. The second kappa shape index (κ2) is 9.41. The number of hydrogen-bond donors (Lipinski definition) is 2. The molecule has 3 aromatic rings. The number of hydrogen-bond acceptors (Lipinski definition) is 4. The molecule has 0 unspecified atom stereocenters. The number of pyridine rings is 1. The van der Waals surface area contributed by atoms with Crippen molar-refractivity contribution in [3.05, 3.63) is 71.0 Å². The summed E-state index contributed by atoms with van der Waals surface area (Å²) in [6.45, 7) is 3.42. The van der Waals surface area contributed by atoms with Gasteiger partial charge in [0.15, 0.2) is 0 Å². The van der Waals surface area contributed by atoms with Gasteiger partial charge in [-0.2, -0.15) is 0 Å². The van der Waals surface area contributed by atoms with Crippen LogP contribution in [-0.4, -0.2) is 35.9 Å². The van der Waals surface area contributed by atoms with E-state index in [2.05, 4.69) is 15.5 Å². The van der Waals surface area contributed by atoms with E-state index >= 15 is 0 Å². The van der Waals surface area contributed by atoms with Gasteiger partial charge in [0.05, 0.1) is 11.1 Å². The van der Waals surface area contributed by atoms with Gasteiger partial charge >= 0.3 is 0 Å².